The number of hydrogen-bond acceptors (Lipinski definition) is 6. The molecule has 3 heterocycles. The Bertz CT molecular complexity index is 997. The van der Waals surface area contributed by atoms with E-state index < -0.39 is 5.82 Å². The Labute approximate surface area is 152 Å². The van der Waals surface area contributed by atoms with Gasteiger partial charge in [0.05, 0.1) is 17.5 Å². The molecule has 1 aliphatic heterocycles. The predicted molar refractivity (Wildman–Crippen MR) is 92.3 cm³/mol. The molecule has 2 N–H and O–H groups in total. The van der Waals surface area contributed by atoms with E-state index in [1.54, 1.807) is 12.1 Å². The Balaban J connectivity index is 1.38. The van der Waals surface area contributed by atoms with E-state index in [1.165, 1.54) is 18.6 Å². The second-order valence-corrected chi connectivity index (χ2v) is 6.11. The lowest BCUT2D eigenvalue weighted by atomic mass is 10.0. The third-order valence-corrected chi connectivity index (χ3v) is 4.18. The maximum absolute atomic E-state index is 14.2. The first-order valence-corrected chi connectivity index (χ1v) is 8.36. The van der Waals surface area contributed by atoms with E-state index in [9.17, 15) is 14.0 Å². The molecule has 1 aliphatic rings. The summed E-state index contributed by atoms with van der Waals surface area (Å²) in [6, 6.07) is 4.46. The summed E-state index contributed by atoms with van der Waals surface area (Å²) in [5.41, 5.74) is 1.99. The number of amides is 2. The lowest BCUT2D eigenvalue weighted by molar-refractivity contribution is -0.117. The number of furan rings is 1. The maximum Gasteiger partial charge on any atom is 0.227 e. The highest BCUT2D eigenvalue weighted by molar-refractivity contribution is 5.95. The van der Waals surface area contributed by atoms with Crippen molar-refractivity contribution >= 4 is 23.2 Å². The Morgan fingerprint density at radius 3 is 3.04 bits per heavy atom. The number of nitrogens with zero attached hydrogens (tertiary/aromatic N) is 2. The van der Waals surface area contributed by atoms with Crippen LogP contribution in [0.3, 0.4) is 0 Å². The summed E-state index contributed by atoms with van der Waals surface area (Å²) in [4.78, 5) is 27.7. The Morgan fingerprint density at radius 2 is 2.22 bits per heavy atom. The standard InChI is InChI=1S/C18H15FN4O4/c19-12-8-13-10(1-2-15(24)20-13)7-14(12)21-16(25)3-4-17-22-18(23-27-17)11-5-6-26-9-11/h5-9H,1-4H2,(H,20,24)(H,21,25). The molecule has 8 nitrogen and oxygen atoms in total. The smallest absolute Gasteiger partial charge is 0.227 e. The van der Waals surface area contributed by atoms with Crippen LogP contribution in [0, 0.1) is 5.82 Å². The van der Waals surface area contributed by atoms with Crippen LogP contribution in [0.5, 0.6) is 0 Å². The Morgan fingerprint density at radius 1 is 1.33 bits per heavy atom. The van der Waals surface area contributed by atoms with Crippen molar-refractivity contribution in [3.8, 4) is 11.4 Å². The maximum atomic E-state index is 14.2. The third-order valence-electron chi connectivity index (χ3n) is 4.18. The van der Waals surface area contributed by atoms with Crippen LogP contribution in [-0.2, 0) is 22.4 Å². The SMILES string of the molecule is O=C(CCc1nc(-c2ccoc2)no1)Nc1cc2c(cc1F)NC(=O)CC2. The van der Waals surface area contributed by atoms with Crippen LogP contribution < -0.4 is 10.6 Å². The largest absolute Gasteiger partial charge is 0.472 e. The molecular formula is C18H15FN4O4. The lowest BCUT2D eigenvalue weighted by Gasteiger charge is -2.18. The molecule has 0 atom stereocenters. The van der Waals surface area contributed by atoms with Gasteiger partial charge in [-0.2, -0.15) is 4.98 Å². The van der Waals surface area contributed by atoms with Gasteiger partial charge in [0, 0.05) is 24.9 Å². The van der Waals surface area contributed by atoms with Crippen LogP contribution in [0.4, 0.5) is 15.8 Å². The third kappa shape index (κ3) is 3.71. The molecule has 0 unspecified atom stereocenters. The van der Waals surface area contributed by atoms with E-state index >= 15 is 0 Å². The molecule has 2 amide bonds. The molecule has 0 bridgehead atoms. The fraction of sp³-hybridized carbons (Fsp3) is 0.222. The first-order chi connectivity index (χ1) is 13.1. The summed E-state index contributed by atoms with van der Waals surface area (Å²) >= 11 is 0. The highest BCUT2D eigenvalue weighted by Crippen LogP contribution is 2.28. The molecule has 0 spiro atoms. The molecule has 0 saturated carbocycles. The Kier molecular flexibility index (Phi) is 4.41. The molecule has 0 radical (unpaired) electrons. The second kappa shape index (κ2) is 7.02. The van der Waals surface area contributed by atoms with Crippen molar-refractivity contribution in [2.75, 3.05) is 10.6 Å². The number of aromatic nitrogens is 2. The van der Waals surface area contributed by atoms with E-state index in [2.05, 4.69) is 20.8 Å². The summed E-state index contributed by atoms with van der Waals surface area (Å²) in [5, 5.41) is 8.98. The zero-order valence-electron chi connectivity index (χ0n) is 14.1. The normalized spacial score (nSPS) is 13.1. The topological polar surface area (TPSA) is 110 Å². The number of nitrogens with one attached hydrogen (secondary N) is 2. The quantitative estimate of drug-likeness (QED) is 0.714. The van der Waals surface area contributed by atoms with Crippen molar-refractivity contribution in [3.05, 3.63) is 48.0 Å². The van der Waals surface area contributed by atoms with Gasteiger partial charge in [-0.15, -0.1) is 0 Å². The second-order valence-electron chi connectivity index (χ2n) is 6.11. The van der Waals surface area contributed by atoms with Crippen molar-refractivity contribution in [1.29, 1.82) is 0 Å². The summed E-state index contributed by atoms with van der Waals surface area (Å²) < 4.78 is 24.2. The van der Waals surface area contributed by atoms with Crippen molar-refractivity contribution in [3.63, 3.8) is 0 Å². The molecule has 0 saturated heterocycles. The number of halogens is 1. The minimum atomic E-state index is -0.607. The van der Waals surface area contributed by atoms with E-state index in [0.29, 0.717) is 35.8 Å². The van der Waals surface area contributed by atoms with E-state index in [4.69, 9.17) is 8.94 Å². The molecule has 27 heavy (non-hydrogen) atoms. The zero-order valence-corrected chi connectivity index (χ0v) is 14.1. The van der Waals surface area contributed by atoms with Crippen molar-refractivity contribution in [2.24, 2.45) is 0 Å². The number of carbonyl (C=O) groups excluding carboxylic acids is 2. The average molecular weight is 370 g/mol. The number of fused-ring (bicyclic) bond motifs is 1. The zero-order chi connectivity index (χ0) is 18.8. The van der Waals surface area contributed by atoms with Crippen LogP contribution >= 0.6 is 0 Å². The van der Waals surface area contributed by atoms with Crippen LogP contribution in [0.1, 0.15) is 24.3 Å². The van der Waals surface area contributed by atoms with E-state index in [0.717, 1.165) is 5.56 Å². The van der Waals surface area contributed by atoms with Gasteiger partial charge in [-0.05, 0) is 30.2 Å². The first-order valence-electron chi connectivity index (χ1n) is 8.36. The van der Waals surface area contributed by atoms with Gasteiger partial charge >= 0.3 is 0 Å². The average Bonchev–Trinajstić information content (AvgIpc) is 3.32. The van der Waals surface area contributed by atoms with Gasteiger partial charge in [-0.3, -0.25) is 9.59 Å². The molecule has 0 fully saturated rings. The number of anilines is 2. The lowest BCUT2D eigenvalue weighted by Crippen LogP contribution is -2.20. The predicted octanol–water partition coefficient (Wildman–Crippen LogP) is 2.92. The van der Waals surface area contributed by atoms with Gasteiger partial charge in [0.25, 0.3) is 0 Å². The minimum Gasteiger partial charge on any atom is -0.472 e. The van der Waals surface area contributed by atoms with Crippen LogP contribution in [-0.4, -0.2) is 22.0 Å². The van der Waals surface area contributed by atoms with Gasteiger partial charge in [-0.1, -0.05) is 5.16 Å². The van der Waals surface area contributed by atoms with E-state index in [-0.39, 0.29) is 30.3 Å². The monoisotopic (exact) mass is 370 g/mol. The van der Waals surface area contributed by atoms with Gasteiger partial charge in [-0.25, -0.2) is 4.39 Å². The molecule has 0 aliphatic carbocycles. The van der Waals surface area contributed by atoms with Crippen LogP contribution in [0.25, 0.3) is 11.4 Å². The van der Waals surface area contributed by atoms with Gasteiger partial charge in [0.15, 0.2) is 0 Å². The van der Waals surface area contributed by atoms with Crippen molar-refractivity contribution in [2.45, 2.75) is 25.7 Å². The fourth-order valence-electron chi connectivity index (χ4n) is 2.80. The van der Waals surface area contributed by atoms with Crippen molar-refractivity contribution in [1.82, 2.24) is 10.1 Å². The number of benzene rings is 1. The molecular weight excluding hydrogens is 355 g/mol. The Hall–Kier alpha value is -3.49. The molecule has 1 aromatic carbocycles. The number of rotatable bonds is 5. The summed E-state index contributed by atoms with van der Waals surface area (Å²) in [6.07, 6.45) is 4.10. The van der Waals surface area contributed by atoms with Crippen LogP contribution in [0.15, 0.2) is 39.7 Å². The highest BCUT2D eigenvalue weighted by Gasteiger charge is 2.19. The van der Waals surface area contributed by atoms with E-state index in [1.807, 2.05) is 0 Å². The summed E-state index contributed by atoms with van der Waals surface area (Å²) in [7, 11) is 0. The fourth-order valence-corrected chi connectivity index (χ4v) is 2.80. The number of carbonyl (C=O) groups is 2. The van der Waals surface area contributed by atoms with Gasteiger partial charge < -0.3 is 19.6 Å². The highest BCUT2D eigenvalue weighted by atomic mass is 19.1. The molecule has 138 valence electrons. The summed E-state index contributed by atoms with van der Waals surface area (Å²) in [6.45, 7) is 0. The first kappa shape index (κ1) is 17.0. The molecule has 4 rings (SSSR count). The van der Waals surface area contributed by atoms with Crippen LogP contribution in [0.2, 0.25) is 0 Å². The van der Waals surface area contributed by atoms with Gasteiger partial charge in [0.1, 0.15) is 12.1 Å². The summed E-state index contributed by atoms with van der Waals surface area (Å²) in [5.74, 6) is -0.453. The number of aryl methyl sites for hydroxylation is 2. The van der Waals surface area contributed by atoms with Gasteiger partial charge in [0.2, 0.25) is 23.5 Å². The minimum absolute atomic E-state index is 0.0558. The number of hydrogen-bond donors (Lipinski definition) is 2. The molecule has 3 aromatic rings. The molecule has 9 heteroatoms. The van der Waals surface area contributed by atoms with Crippen molar-refractivity contribution < 1.29 is 22.9 Å². The molecule has 2 aromatic heterocycles.